The molecule has 1 aliphatic heterocycles. The molecule has 1 aromatic heterocycles. The van der Waals surface area contributed by atoms with Crippen LogP contribution in [-0.4, -0.2) is 36.5 Å². The Morgan fingerprint density at radius 1 is 1.03 bits per heavy atom. The van der Waals surface area contributed by atoms with Crippen molar-refractivity contribution in [3.8, 4) is 28.5 Å². The van der Waals surface area contributed by atoms with Crippen molar-refractivity contribution < 1.29 is 19.0 Å². The smallest absolute Gasteiger partial charge is 0.255 e. The lowest BCUT2D eigenvalue weighted by Crippen LogP contribution is -2.32. The zero-order chi connectivity index (χ0) is 24.2. The quantitative estimate of drug-likeness (QED) is 0.418. The van der Waals surface area contributed by atoms with Gasteiger partial charge in [-0.3, -0.25) is 9.48 Å². The lowest BCUT2D eigenvalue weighted by molar-refractivity contribution is 0.0925. The number of hydrogen-bond donors (Lipinski definition) is 1. The SMILES string of the molecule is COc1ccc(-c2nn(Cc3ccccc3)cc2C(=O)NC2CCOc3ccccc32)cc1OC. The largest absolute Gasteiger partial charge is 0.493 e. The second-order valence-electron chi connectivity index (χ2n) is 8.35. The van der Waals surface area contributed by atoms with Crippen molar-refractivity contribution in [1.29, 1.82) is 0 Å². The highest BCUT2D eigenvalue weighted by molar-refractivity contribution is 6.00. The Morgan fingerprint density at radius 2 is 1.80 bits per heavy atom. The second-order valence-corrected chi connectivity index (χ2v) is 8.35. The maximum atomic E-state index is 13.6. The molecule has 5 rings (SSSR count). The van der Waals surface area contributed by atoms with Gasteiger partial charge in [-0.05, 0) is 29.8 Å². The molecule has 178 valence electrons. The number of para-hydroxylation sites is 1. The minimum atomic E-state index is -0.184. The van der Waals surface area contributed by atoms with Crippen molar-refractivity contribution in [3.05, 3.63) is 95.7 Å². The number of fused-ring (bicyclic) bond motifs is 1. The molecule has 0 radical (unpaired) electrons. The summed E-state index contributed by atoms with van der Waals surface area (Å²) >= 11 is 0. The molecule has 0 aliphatic carbocycles. The van der Waals surface area contributed by atoms with E-state index < -0.39 is 0 Å². The summed E-state index contributed by atoms with van der Waals surface area (Å²) in [5.41, 5.74) is 3.93. The van der Waals surface area contributed by atoms with E-state index in [0.717, 1.165) is 22.4 Å². The fourth-order valence-corrected chi connectivity index (χ4v) is 4.36. The highest BCUT2D eigenvalue weighted by atomic mass is 16.5. The molecule has 35 heavy (non-hydrogen) atoms. The predicted octanol–water partition coefficient (Wildman–Crippen LogP) is 4.87. The molecule has 0 spiro atoms. The van der Waals surface area contributed by atoms with Gasteiger partial charge in [0.1, 0.15) is 11.4 Å². The Morgan fingerprint density at radius 3 is 2.60 bits per heavy atom. The number of nitrogens with one attached hydrogen (secondary N) is 1. The lowest BCUT2D eigenvalue weighted by atomic mass is 10.00. The van der Waals surface area contributed by atoms with Gasteiger partial charge in [0.05, 0.1) is 39.0 Å². The van der Waals surface area contributed by atoms with Crippen LogP contribution < -0.4 is 19.5 Å². The molecule has 1 N–H and O–H groups in total. The number of aromatic nitrogens is 2. The Bertz CT molecular complexity index is 1330. The van der Waals surface area contributed by atoms with Gasteiger partial charge in [0.2, 0.25) is 0 Å². The van der Waals surface area contributed by atoms with Gasteiger partial charge in [0, 0.05) is 23.7 Å². The Hall–Kier alpha value is -4.26. The van der Waals surface area contributed by atoms with Crippen molar-refractivity contribution in [2.75, 3.05) is 20.8 Å². The third kappa shape index (κ3) is 4.71. The van der Waals surface area contributed by atoms with Gasteiger partial charge >= 0.3 is 0 Å². The average molecular weight is 470 g/mol. The first-order valence-electron chi connectivity index (χ1n) is 11.5. The van der Waals surface area contributed by atoms with E-state index in [1.54, 1.807) is 25.1 Å². The minimum absolute atomic E-state index is 0.136. The van der Waals surface area contributed by atoms with Crippen LogP contribution in [0.2, 0.25) is 0 Å². The first-order chi connectivity index (χ1) is 17.2. The zero-order valence-corrected chi connectivity index (χ0v) is 19.7. The van der Waals surface area contributed by atoms with Crippen LogP contribution in [0.4, 0.5) is 0 Å². The number of nitrogens with zero attached hydrogens (tertiary/aromatic N) is 2. The number of carbonyl (C=O) groups excluding carboxylic acids is 1. The molecule has 2 heterocycles. The van der Waals surface area contributed by atoms with Crippen LogP contribution in [0.1, 0.15) is 33.9 Å². The van der Waals surface area contributed by atoms with Crippen LogP contribution in [0, 0.1) is 0 Å². The van der Waals surface area contributed by atoms with E-state index >= 15 is 0 Å². The third-order valence-electron chi connectivity index (χ3n) is 6.11. The maximum Gasteiger partial charge on any atom is 0.255 e. The van der Waals surface area contributed by atoms with Gasteiger partial charge < -0.3 is 19.5 Å². The molecule has 1 aliphatic rings. The van der Waals surface area contributed by atoms with Crippen LogP contribution >= 0.6 is 0 Å². The summed E-state index contributed by atoms with van der Waals surface area (Å²) in [6, 6.07) is 23.3. The van der Waals surface area contributed by atoms with Crippen molar-refractivity contribution >= 4 is 5.91 Å². The van der Waals surface area contributed by atoms with Gasteiger partial charge in [-0.2, -0.15) is 5.10 Å². The second kappa shape index (κ2) is 9.93. The Labute approximate surface area is 204 Å². The molecule has 1 amide bonds. The van der Waals surface area contributed by atoms with Crippen LogP contribution in [0.3, 0.4) is 0 Å². The highest BCUT2D eigenvalue weighted by Crippen LogP contribution is 2.35. The Kier molecular flexibility index (Phi) is 6.39. The number of amides is 1. The Balaban J connectivity index is 1.51. The van der Waals surface area contributed by atoms with E-state index in [1.165, 1.54) is 0 Å². The van der Waals surface area contributed by atoms with Crippen molar-refractivity contribution in [1.82, 2.24) is 15.1 Å². The fourth-order valence-electron chi connectivity index (χ4n) is 4.36. The molecule has 3 aromatic carbocycles. The molecular weight excluding hydrogens is 442 g/mol. The molecule has 7 heteroatoms. The van der Waals surface area contributed by atoms with Crippen molar-refractivity contribution in [3.63, 3.8) is 0 Å². The predicted molar refractivity (Wildman–Crippen MR) is 133 cm³/mol. The molecule has 4 aromatic rings. The van der Waals surface area contributed by atoms with E-state index in [2.05, 4.69) is 5.32 Å². The highest BCUT2D eigenvalue weighted by Gasteiger charge is 2.26. The molecule has 1 unspecified atom stereocenters. The number of carbonyl (C=O) groups is 1. The summed E-state index contributed by atoms with van der Waals surface area (Å²) < 4.78 is 18.4. The van der Waals surface area contributed by atoms with Gasteiger partial charge in [0.25, 0.3) is 5.91 Å². The third-order valence-corrected chi connectivity index (χ3v) is 6.11. The normalized spacial score (nSPS) is 14.5. The van der Waals surface area contributed by atoms with Crippen LogP contribution in [-0.2, 0) is 6.54 Å². The standard InChI is InChI=1S/C28H27N3O4/c1-33-25-13-12-20(16-26(25)34-2)27-22(18-31(30-27)17-19-8-4-3-5-9-19)28(32)29-23-14-15-35-24-11-7-6-10-21(23)24/h3-13,16,18,23H,14-15,17H2,1-2H3,(H,29,32). The van der Waals surface area contributed by atoms with E-state index in [9.17, 15) is 4.79 Å². The first-order valence-corrected chi connectivity index (χ1v) is 11.5. The number of methoxy groups -OCH3 is 2. The number of ether oxygens (including phenoxy) is 3. The monoisotopic (exact) mass is 469 g/mol. The van der Waals surface area contributed by atoms with Crippen LogP contribution in [0.5, 0.6) is 17.2 Å². The lowest BCUT2D eigenvalue weighted by Gasteiger charge is -2.26. The molecule has 0 saturated heterocycles. The molecular formula is C28H27N3O4. The van der Waals surface area contributed by atoms with Crippen molar-refractivity contribution in [2.45, 2.75) is 19.0 Å². The fraction of sp³-hybridized carbons (Fsp3) is 0.214. The zero-order valence-electron chi connectivity index (χ0n) is 19.7. The number of benzene rings is 3. The molecule has 1 atom stereocenters. The summed E-state index contributed by atoms with van der Waals surface area (Å²) in [4.78, 5) is 13.6. The summed E-state index contributed by atoms with van der Waals surface area (Å²) in [7, 11) is 3.18. The minimum Gasteiger partial charge on any atom is -0.493 e. The topological polar surface area (TPSA) is 74.6 Å². The first kappa shape index (κ1) is 22.5. The van der Waals surface area contributed by atoms with Gasteiger partial charge in [-0.15, -0.1) is 0 Å². The van der Waals surface area contributed by atoms with Gasteiger partial charge in [0.15, 0.2) is 11.5 Å². The summed E-state index contributed by atoms with van der Waals surface area (Å²) in [5, 5.41) is 8.00. The van der Waals surface area contributed by atoms with Gasteiger partial charge in [-0.25, -0.2) is 0 Å². The maximum absolute atomic E-state index is 13.6. The number of hydrogen-bond acceptors (Lipinski definition) is 5. The van der Waals surface area contributed by atoms with Crippen molar-refractivity contribution in [2.24, 2.45) is 0 Å². The average Bonchev–Trinajstić information content (AvgIpc) is 3.33. The summed E-state index contributed by atoms with van der Waals surface area (Å²) in [6.45, 7) is 1.10. The van der Waals surface area contributed by atoms with E-state index in [1.807, 2.05) is 72.8 Å². The van der Waals surface area contributed by atoms with E-state index in [0.29, 0.717) is 42.3 Å². The van der Waals surface area contributed by atoms with E-state index in [-0.39, 0.29) is 11.9 Å². The van der Waals surface area contributed by atoms with Gasteiger partial charge in [-0.1, -0.05) is 48.5 Å². The summed E-state index contributed by atoms with van der Waals surface area (Å²) in [5.74, 6) is 1.82. The molecule has 0 saturated carbocycles. The van der Waals surface area contributed by atoms with Crippen LogP contribution in [0.15, 0.2) is 79.0 Å². The van der Waals surface area contributed by atoms with E-state index in [4.69, 9.17) is 19.3 Å². The number of rotatable bonds is 7. The van der Waals surface area contributed by atoms with Crippen LogP contribution in [0.25, 0.3) is 11.3 Å². The molecule has 0 bridgehead atoms. The summed E-state index contributed by atoms with van der Waals surface area (Å²) in [6.07, 6.45) is 2.51. The molecule has 7 nitrogen and oxygen atoms in total. The molecule has 0 fully saturated rings.